The summed E-state index contributed by atoms with van der Waals surface area (Å²) >= 11 is 6.18. The third-order valence-electron chi connectivity index (χ3n) is 4.31. The van der Waals surface area contributed by atoms with Gasteiger partial charge < -0.3 is 0 Å². The number of unbranched alkanes of at least 4 members (excludes halogenated alkanes) is 5. The molecule has 2 nitrogen and oxygen atoms in total. The quantitative estimate of drug-likeness (QED) is 0.410. The van der Waals surface area contributed by atoms with Gasteiger partial charge in [-0.05, 0) is 19.8 Å². The van der Waals surface area contributed by atoms with Crippen LogP contribution in [0, 0.1) is 0 Å². The largest absolute Gasteiger partial charge is 0.282 e. The van der Waals surface area contributed by atoms with E-state index in [1.165, 1.54) is 31.7 Å². The van der Waals surface area contributed by atoms with Crippen molar-refractivity contribution in [1.82, 2.24) is 9.78 Å². The zero-order valence-corrected chi connectivity index (χ0v) is 14.8. The Hall–Kier alpha value is -0.640. The lowest BCUT2D eigenvalue weighted by atomic mass is 9.88. The molecule has 128 valence electrons. The second-order valence-corrected chi connectivity index (χ2v) is 6.76. The van der Waals surface area contributed by atoms with Crippen LogP contribution in [0.1, 0.15) is 90.7 Å². The average molecular weight is 335 g/mol. The third-order valence-corrected chi connectivity index (χ3v) is 4.58. The van der Waals surface area contributed by atoms with E-state index in [9.17, 15) is 8.78 Å². The molecule has 0 aromatic carbocycles. The third kappa shape index (κ3) is 5.53. The molecule has 1 heterocycles. The number of alkyl halides is 2. The first-order valence-electron chi connectivity index (χ1n) is 8.48. The molecule has 0 saturated heterocycles. The van der Waals surface area contributed by atoms with Gasteiger partial charge in [0.05, 0.1) is 5.54 Å². The molecule has 0 amide bonds. The Balaban J connectivity index is 2.81. The van der Waals surface area contributed by atoms with Crippen molar-refractivity contribution in [1.29, 1.82) is 0 Å². The van der Waals surface area contributed by atoms with Crippen LogP contribution in [0.4, 0.5) is 8.78 Å². The molecule has 0 fully saturated rings. The summed E-state index contributed by atoms with van der Waals surface area (Å²) in [5.74, 6) is 0. The normalized spacial score (nSPS) is 14.5. The van der Waals surface area contributed by atoms with Crippen molar-refractivity contribution >= 4 is 11.6 Å². The van der Waals surface area contributed by atoms with Crippen LogP contribution in [0.15, 0.2) is 6.07 Å². The van der Waals surface area contributed by atoms with Crippen molar-refractivity contribution in [2.75, 3.05) is 0 Å². The maximum absolute atomic E-state index is 12.9. The van der Waals surface area contributed by atoms with Crippen LogP contribution in [-0.2, 0) is 5.54 Å². The van der Waals surface area contributed by atoms with Crippen LogP contribution in [0.3, 0.4) is 0 Å². The zero-order valence-electron chi connectivity index (χ0n) is 14.0. The molecule has 1 aromatic heterocycles. The summed E-state index contributed by atoms with van der Waals surface area (Å²) in [4.78, 5) is 0. The van der Waals surface area contributed by atoms with E-state index in [0.29, 0.717) is 5.15 Å². The van der Waals surface area contributed by atoms with Crippen LogP contribution in [0.2, 0.25) is 5.15 Å². The summed E-state index contributed by atoms with van der Waals surface area (Å²) in [5, 5.41) is 4.41. The molecule has 1 atom stereocenters. The number of halogens is 3. The van der Waals surface area contributed by atoms with Crippen molar-refractivity contribution in [2.24, 2.45) is 0 Å². The average Bonchev–Trinajstić information content (AvgIpc) is 2.88. The molecule has 0 spiro atoms. The number of nitrogens with zero attached hydrogens (tertiary/aromatic N) is 2. The molecular formula is C17H29ClF2N2. The number of rotatable bonds is 11. The van der Waals surface area contributed by atoms with E-state index in [2.05, 4.69) is 25.9 Å². The van der Waals surface area contributed by atoms with E-state index in [-0.39, 0.29) is 11.2 Å². The fourth-order valence-electron chi connectivity index (χ4n) is 2.86. The molecule has 1 aromatic rings. The minimum Gasteiger partial charge on any atom is -0.248 e. The fourth-order valence-corrected chi connectivity index (χ4v) is 3.22. The first kappa shape index (κ1) is 19.4. The Kier molecular flexibility index (Phi) is 8.37. The van der Waals surface area contributed by atoms with Gasteiger partial charge in [0.1, 0.15) is 10.8 Å². The minimum atomic E-state index is -2.57. The molecule has 0 N–H and O–H groups in total. The maximum Gasteiger partial charge on any atom is 0.282 e. The Bertz CT molecular complexity index is 434. The number of aromatic nitrogens is 2. The Morgan fingerprint density at radius 1 is 1.09 bits per heavy atom. The molecule has 0 aliphatic heterocycles. The van der Waals surface area contributed by atoms with Crippen molar-refractivity contribution in [3.8, 4) is 0 Å². The van der Waals surface area contributed by atoms with Crippen molar-refractivity contribution in [2.45, 2.75) is 90.5 Å². The summed E-state index contributed by atoms with van der Waals surface area (Å²) < 4.78 is 27.3. The van der Waals surface area contributed by atoms with Gasteiger partial charge in [-0.15, -0.1) is 0 Å². The van der Waals surface area contributed by atoms with Gasteiger partial charge in [0.15, 0.2) is 0 Å². The second-order valence-electron chi connectivity index (χ2n) is 6.37. The van der Waals surface area contributed by atoms with Gasteiger partial charge in [-0.3, -0.25) is 0 Å². The van der Waals surface area contributed by atoms with Gasteiger partial charge in [0.25, 0.3) is 6.43 Å². The summed E-state index contributed by atoms with van der Waals surface area (Å²) in [7, 11) is 0. The molecule has 1 unspecified atom stereocenters. The lowest BCUT2D eigenvalue weighted by Gasteiger charge is -2.31. The van der Waals surface area contributed by atoms with E-state index >= 15 is 0 Å². The summed E-state index contributed by atoms with van der Waals surface area (Å²) in [6, 6.07) is 1.30. The summed E-state index contributed by atoms with van der Waals surface area (Å²) in [6.45, 7) is 6.42. The van der Waals surface area contributed by atoms with E-state index in [4.69, 9.17) is 11.6 Å². The molecule has 22 heavy (non-hydrogen) atoms. The highest BCUT2D eigenvalue weighted by Crippen LogP contribution is 2.34. The van der Waals surface area contributed by atoms with Gasteiger partial charge in [-0.2, -0.15) is 5.10 Å². The van der Waals surface area contributed by atoms with Gasteiger partial charge in [-0.1, -0.05) is 70.4 Å². The van der Waals surface area contributed by atoms with Crippen LogP contribution in [0.5, 0.6) is 0 Å². The highest BCUT2D eigenvalue weighted by Gasteiger charge is 2.30. The minimum absolute atomic E-state index is 0.223. The molecular weight excluding hydrogens is 306 g/mol. The Labute approximate surface area is 138 Å². The Morgan fingerprint density at radius 2 is 1.68 bits per heavy atom. The van der Waals surface area contributed by atoms with Crippen molar-refractivity contribution in [3.63, 3.8) is 0 Å². The highest BCUT2D eigenvalue weighted by atomic mass is 35.5. The Morgan fingerprint density at radius 3 is 2.23 bits per heavy atom. The fraction of sp³-hybridized carbons (Fsp3) is 0.824. The molecule has 0 radical (unpaired) electrons. The van der Waals surface area contributed by atoms with Gasteiger partial charge in [0.2, 0.25) is 0 Å². The van der Waals surface area contributed by atoms with Crippen LogP contribution in [-0.4, -0.2) is 9.78 Å². The van der Waals surface area contributed by atoms with Gasteiger partial charge in [0, 0.05) is 6.07 Å². The maximum atomic E-state index is 12.9. The number of hydrogen-bond acceptors (Lipinski definition) is 1. The lowest BCUT2D eigenvalue weighted by Crippen LogP contribution is -2.31. The first-order valence-corrected chi connectivity index (χ1v) is 8.86. The molecule has 0 aliphatic rings. The van der Waals surface area contributed by atoms with Crippen LogP contribution < -0.4 is 0 Å². The van der Waals surface area contributed by atoms with Crippen LogP contribution >= 0.6 is 11.6 Å². The molecule has 0 saturated carbocycles. The smallest absolute Gasteiger partial charge is 0.248 e. The topological polar surface area (TPSA) is 17.8 Å². The summed E-state index contributed by atoms with van der Waals surface area (Å²) in [5.41, 5.74) is -0.495. The van der Waals surface area contributed by atoms with Crippen LogP contribution in [0.25, 0.3) is 0 Å². The number of hydrogen-bond donors (Lipinski definition) is 0. The van der Waals surface area contributed by atoms with Gasteiger partial charge in [-0.25, -0.2) is 13.5 Å². The van der Waals surface area contributed by atoms with Crippen molar-refractivity contribution < 1.29 is 8.78 Å². The van der Waals surface area contributed by atoms with Crippen molar-refractivity contribution in [3.05, 3.63) is 16.9 Å². The van der Waals surface area contributed by atoms with E-state index in [0.717, 1.165) is 32.1 Å². The summed E-state index contributed by atoms with van der Waals surface area (Å²) in [6.07, 6.45) is 7.37. The first-order chi connectivity index (χ1) is 10.4. The highest BCUT2D eigenvalue weighted by molar-refractivity contribution is 6.29. The predicted octanol–water partition coefficient (Wildman–Crippen LogP) is 6.74. The van der Waals surface area contributed by atoms with Gasteiger partial charge >= 0.3 is 0 Å². The molecule has 0 aliphatic carbocycles. The van der Waals surface area contributed by atoms with E-state index < -0.39 is 6.43 Å². The molecule has 1 rings (SSSR count). The standard InChI is InChI=1S/C17H29ClF2N2/c1-4-6-8-9-10-12-17(3,11-7-5-2)22-15(18)13-14(21-22)16(19)20/h13,16H,4-12H2,1-3H3. The monoisotopic (exact) mass is 334 g/mol. The lowest BCUT2D eigenvalue weighted by molar-refractivity contribution is 0.141. The predicted molar refractivity (Wildman–Crippen MR) is 88.7 cm³/mol. The molecule has 0 bridgehead atoms. The zero-order chi connectivity index (χ0) is 16.6. The second kappa shape index (κ2) is 9.49. The van der Waals surface area contributed by atoms with E-state index in [1.54, 1.807) is 4.68 Å². The molecule has 5 heteroatoms. The van der Waals surface area contributed by atoms with E-state index in [1.807, 2.05) is 0 Å². The SMILES string of the molecule is CCCCCCCC(C)(CCCC)n1nc(C(F)F)cc1Cl.